The molecule has 0 atom stereocenters. The van der Waals surface area contributed by atoms with Gasteiger partial charge in [-0.2, -0.15) is 0 Å². The zero-order valence-corrected chi connectivity index (χ0v) is 10.2. The Morgan fingerprint density at radius 3 is 2.65 bits per heavy atom. The van der Waals surface area contributed by atoms with Crippen LogP contribution < -0.4 is 9.47 Å². The Labute approximate surface area is 101 Å². The smallest absolute Gasteiger partial charge is 0.342 e. The molecular formula is C13H16O4. The molecule has 4 nitrogen and oxygen atoms in total. The highest BCUT2D eigenvalue weighted by Gasteiger charge is 2.13. The first-order valence-corrected chi connectivity index (χ1v) is 5.23. The van der Waals surface area contributed by atoms with Gasteiger partial charge in [-0.05, 0) is 19.1 Å². The molecule has 0 spiro atoms. The molecule has 0 N–H and O–H groups in total. The van der Waals surface area contributed by atoms with Crippen LogP contribution in [0.5, 0.6) is 11.5 Å². The van der Waals surface area contributed by atoms with Gasteiger partial charge in [-0.25, -0.2) is 4.79 Å². The summed E-state index contributed by atoms with van der Waals surface area (Å²) in [6.07, 6.45) is 3.58. The fourth-order valence-electron chi connectivity index (χ4n) is 1.26. The molecule has 4 heteroatoms. The Hall–Kier alpha value is -1.97. The number of carbonyl (C=O) groups excluding carboxylic acids is 1. The Balaban J connectivity index is 2.85. The Kier molecular flexibility index (Phi) is 5.07. The summed E-state index contributed by atoms with van der Waals surface area (Å²) in [5.74, 6) is 0.657. The van der Waals surface area contributed by atoms with Gasteiger partial charge in [-0.1, -0.05) is 12.2 Å². The summed E-state index contributed by atoms with van der Waals surface area (Å²) >= 11 is 0. The van der Waals surface area contributed by atoms with Gasteiger partial charge in [0.1, 0.15) is 23.7 Å². The van der Waals surface area contributed by atoms with Crippen molar-refractivity contribution in [3.8, 4) is 11.5 Å². The van der Waals surface area contributed by atoms with Crippen molar-refractivity contribution in [2.24, 2.45) is 0 Å². The lowest BCUT2D eigenvalue weighted by Crippen LogP contribution is -2.07. The van der Waals surface area contributed by atoms with Crippen LogP contribution >= 0.6 is 0 Å². The molecule has 0 unspecified atom stereocenters. The molecule has 0 heterocycles. The largest absolute Gasteiger partial charge is 0.497 e. The minimum Gasteiger partial charge on any atom is -0.497 e. The molecule has 0 saturated heterocycles. The van der Waals surface area contributed by atoms with E-state index in [-0.39, 0.29) is 6.61 Å². The monoisotopic (exact) mass is 236 g/mol. The van der Waals surface area contributed by atoms with Crippen LogP contribution in [0.2, 0.25) is 0 Å². The van der Waals surface area contributed by atoms with Gasteiger partial charge in [0.05, 0.1) is 14.2 Å². The molecule has 0 bridgehead atoms. The highest BCUT2D eigenvalue weighted by Crippen LogP contribution is 2.25. The predicted molar refractivity (Wildman–Crippen MR) is 64.6 cm³/mol. The molecule has 0 aromatic heterocycles. The molecule has 0 radical (unpaired) electrons. The summed E-state index contributed by atoms with van der Waals surface area (Å²) in [7, 11) is 3.05. The summed E-state index contributed by atoms with van der Waals surface area (Å²) in [5, 5.41) is 0. The summed E-state index contributed by atoms with van der Waals surface area (Å²) in [5.41, 5.74) is 0.387. The number of allylic oxidation sites excluding steroid dienone is 1. The lowest BCUT2D eigenvalue weighted by molar-refractivity contribution is 0.0546. The van der Waals surface area contributed by atoms with E-state index in [9.17, 15) is 4.79 Å². The number of methoxy groups -OCH3 is 2. The summed E-state index contributed by atoms with van der Waals surface area (Å²) in [4.78, 5) is 11.7. The second kappa shape index (κ2) is 6.58. The molecule has 0 amide bonds. The van der Waals surface area contributed by atoms with E-state index < -0.39 is 5.97 Å². The Morgan fingerprint density at radius 1 is 1.29 bits per heavy atom. The number of benzene rings is 1. The molecule has 1 rings (SSSR count). The third kappa shape index (κ3) is 3.52. The third-order valence-electron chi connectivity index (χ3n) is 2.17. The molecule has 1 aromatic carbocycles. The maximum Gasteiger partial charge on any atom is 0.342 e. The zero-order valence-electron chi connectivity index (χ0n) is 10.2. The molecular weight excluding hydrogens is 220 g/mol. The lowest BCUT2D eigenvalue weighted by Gasteiger charge is -2.09. The van der Waals surface area contributed by atoms with Gasteiger partial charge in [0.25, 0.3) is 0 Å². The van der Waals surface area contributed by atoms with Crippen molar-refractivity contribution in [3.05, 3.63) is 35.9 Å². The third-order valence-corrected chi connectivity index (χ3v) is 2.17. The number of carbonyl (C=O) groups is 1. The molecule has 0 aliphatic carbocycles. The summed E-state index contributed by atoms with van der Waals surface area (Å²) in [6.45, 7) is 2.12. The number of hydrogen-bond acceptors (Lipinski definition) is 4. The van der Waals surface area contributed by atoms with Crippen LogP contribution in [0.25, 0.3) is 0 Å². The molecule has 17 heavy (non-hydrogen) atoms. The van der Waals surface area contributed by atoms with E-state index in [0.29, 0.717) is 17.1 Å². The fraction of sp³-hybridized carbons (Fsp3) is 0.308. The Bertz CT molecular complexity index is 410. The molecule has 0 aliphatic rings. The molecule has 0 aliphatic heterocycles. The maximum absolute atomic E-state index is 11.7. The molecule has 0 saturated carbocycles. The SMILES string of the molecule is CC=CCOC(=O)c1ccc(OC)cc1OC. The van der Waals surface area contributed by atoms with Crippen LogP contribution in [0, 0.1) is 0 Å². The highest BCUT2D eigenvalue weighted by molar-refractivity contribution is 5.92. The fourth-order valence-corrected chi connectivity index (χ4v) is 1.26. The van der Waals surface area contributed by atoms with Crippen LogP contribution in [0.3, 0.4) is 0 Å². The quantitative estimate of drug-likeness (QED) is 0.582. The summed E-state index contributed by atoms with van der Waals surface area (Å²) < 4.78 is 15.2. The second-order valence-electron chi connectivity index (χ2n) is 3.23. The second-order valence-corrected chi connectivity index (χ2v) is 3.23. The van der Waals surface area contributed by atoms with E-state index in [1.807, 2.05) is 13.0 Å². The molecule has 0 fully saturated rings. The van der Waals surface area contributed by atoms with Crippen molar-refractivity contribution in [1.29, 1.82) is 0 Å². The van der Waals surface area contributed by atoms with Gasteiger partial charge in [-0.3, -0.25) is 0 Å². The standard InChI is InChI=1S/C13H16O4/c1-4-5-8-17-13(14)11-7-6-10(15-2)9-12(11)16-3/h4-7,9H,8H2,1-3H3. The average Bonchev–Trinajstić information content (AvgIpc) is 2.38. The molecule has 1 aromatic rings. The van der Waals surface area contributed by atoms with Crippen molar-refractivity contribution in [2.45, 2.75) is 6.92 Å². The minimum absolute atomic E-state index is 0.254. The maximum atomic E-state index is 11.7. The van der Waals surface area contributed by atoms with Crippen molar-refractivity contribution >= 4 is 5.97 Å². The highest BCUT2D eigenvalue weighted by atomic mass is 16.5. The van der Waals surface area contributed by atoms with E-state index >= 15 is 0 Å². The summed E-state index contributed by atoms with van der Waals surface area (Å²) in [6, 6.07) is 4.96. The molecule has 92 valence electrons. The van der Waals surface area contributed by atoms with Crippen LogP contribution in [0.4, 0.5) is 0 Å². The topological polar surface area (TPSA) is 44.8 Å². The first kappa shape index (κ1) is 13.1. The van der Waals surface area contributed by atoms with E-state index in [4.69, 9.17) is 14.2 Å². The number of rotatable bonds is 5. The Morgan fingerprint density at radius 2 is 2.06 bits per heavy atom. The van der Waals surface area contributed by atoms with Crippen LogP contribution in [-0.4, -0.2) is 26.8 Å². The van der Waals surface area contributed by atoms with E-state index in [2.05, 4.69) is 0 Å². The predicted octanol–water partition coefficient (Wildman–Crippen LogP) is 2.44. The van der Waals surface area contributed by atoms with Crippen molar-refractivity contribution in [2.75, 3.05) is 20.8 Å². The van der Waals surface area contributed by atoms with Gasteiger partial charge >= 0.3 is 5.97 Å². The van der Waals surface area contributed by atoms with E-state index in [0.717, 1.165) is 0 Å². The first-order chi connectivity index (χ1) is 8.22. The van der Waals surface area contributed by atoms with Gasteiger partial charge in [0.15, 0.2) is 0 Å². The van der Waals surface area contributed by atoms with Crippen molar-refractivity contribution < 1.29 is 19.0 Å². The van der Waals surface area contributed by atoms with Crippen molar-refractivity contribution in [1.82, 2.24) is 0 Å². The lowest BCUT2D eigenvalue weighted by atomic mass is 10.2. The van der Waals surface area contributed by atoms with E-state index in [1.54, 1.807) is 31.4 Å². The number of esters is 1. The van der Waals surface area contributed by atoms with Gasteiger partial charge in [0.2, 0.25) is 0 Å². The van der Waals surface area contributed by atoms with Gasteiger partial charge in [-0.15, -0.1) is 0 Å². The van der Waals surface area contributed by atoms with Crippen LogP contribution in [0.1, 0.15) is 17.3 Å². The average molecular weight is 236 g/mol. The number of ether oxygens (including phenoxy) is 3. The van der Waals surface area contributed by atoms with Crippen LogP contribution in [0.15, 0.2) is 30.4 Å². The number of hydrogen-bond donors (Lipinski definition) is 0. The van der Waals surface area contributed by atoms with Crippen LogP contribution in [-0.2, 0) is 4.74 Å². The normalized spacial score (nSPS) is 10.3. The zero-order chi connectivity index (χ0) is 12.7. The first-order valence-electron chi connectivity index (χ1n) is 5.23. The van der Waals surface area contributed by atoms with Gasteiger partial charge < -0.3 is 14.2 Å². The van der Waals surface area contributed by atoms with Gasteiger partial charge in [0, 0.05) is 6.07 Å². The van der Waals surface area contributed by atoms with E-state index in [1.165, 1.54) is 7.11 Å². The minimum atomic E-state index is -0.414. The van der Waals surface area contributed by atoms with Crippen molar-refractivity contribution in [3.63, 3.8) is 0 Å².